The number of carbonyl (C=O) groups excluding carboxylic acids is 1. The summed E-state index contributed by atoms with van der Waals surface area (Å²) in [4.78, 5) is 12.2. The van der Waals surface area contributed by atoms with Crippen molar-refractivity contribution in [3.05, 3.63) is 48.0 Å². The summed E-state index contributed by atoms with van der Waals surface area (Å²) in [6.45, 7) is 3.92. The van der Waals surface area contributed by atoms with Crippen molar-refractivity contribution < 1.29 is 19.0 Å². The summed E-state index contributed by atoms with van der Waals surface area (Å²) in [5.74, 6) is 1.75. The van der Waals surface area contributed by atoms with Gasteiger partial charge in [0.2, 0.25) is 6.79 Å². The molecule has 2 aromatic carbocycles. The standard InChI is InChI=1S/C17H17NO4/c1-11-3-6-14(7-4-11)22-12(2)17(19)18-13-5-8-15-16(9-13)21-10-20-15/h3-9,12H,10H2,1-2H3,(H,18,19)/t12-/m1/s1. The Morgan fingerprint density at radius 1 is 1.14 bits per heavy atom. The number of anilines is 1. The molecule has 0 fully saturated rings. The van der Waals surface area contributed by atoms with Crippen LogP contribution in [0.25, 0.3) is 0 Å². The second kappa shape index (κ2) is 5.97. The zero-order valence-corrected chi connectivity index (χ0v) is 12.5. The lowest BCUT2D eigenvalue weighted by atomic mass is 10.2. The van der Waals surface area contributed by atoms with E-state index in [9.17, 15) is 4.79 Å². The molecule has 1 aliphatic heterocycles. The van der Waals surface area contributed by atoms with E-state index in [1.54, 1.807) is 25.1 Å². The van der Waals surface area contributed by atoms with Crippen LogP contribution in [-0.2, 0) is 4.79 Å². The molecule has 22 heavy (non-hydrogen) atoms. The third-order valence-corrected chi connectivity index (χ3v) is 3.34. The molecular formula is C17H17NO4. The van der Waals surface area contributed by atoms with Gasteiger partial charge in [0.15, 0.2) is 17.6 Å². The number of fused-ring (bicyclic) bond motifs is 1. The first kappa shape index (κ1) is 14.3. The van der Waals surface area contributed by atoms with Crippen LogP contribution in [0.1, 0.15) is 12.5 Å². The van der Waals surface area contributed by atoms with Crippen LogP contribution in [0.4, 0.5) is 5.69 Å². The Labute approximate surface area is 128 Å². The van der Waals surface area contributed by atoms with Crippen LogP contribution in [-0.4, -0.2) is 18.8 Å². The largest absolute Gasteiger partial charge is 0.481 e. The number of nitrogens with one attached hydrogen (secondary N) is 1. The summed E-state index contributed by atoms with van der Waals surface area (Å²) in [7, 11) is 0. The molecule has 2 aromatic rings. The Hall–Kier alpha value is -2.69. The van der Waals surface area contributed by atoms with Crippen molar-refractivity contribution in [2.45, 2.75) is 20.0 Å². The van der Waals surface area contributed by atoms with Gasteiger partial charge in [0, 0.05) is 11.8 Å². The Bertz CT molecular complexity index is 682. The molecule has 0 spiro atoms. The summed E-state index contributed by atoms with van der Waals surface area (Å²) in [5.41, 5.74) is 1.79. The second-order valence-electron chi connectivity index (χ2n) is 5.13. The first-order valence-electron chi connectivity index (χ1n) is 7.05. The van der Waals surface area contributed by atoms with E-state index in [1.165, 1.54) is 0 Å². The van der Waals surface area contributed by atoms with E-state index in [4.69, 9.17) is 14.2 Å². The van der Waals surface area contributed by atoms with Gasteiger partial charge in [-0.15, -0.1) is 0 Å². The maximum atomic E-state index is 12.2. The minimum atomic E-state index is -0.604. The van der Waals surface area contributed by atoms with Gasteiger partial charge in [-0.3, -0.25) is 4.79 Å². The monoisotopic (exact) mass is 299 g/mol. The molecule has 1 heterocycles. The number of hydrogen-bond donors (Lipinski definition) is 1. The van der Waals surface area contributed by atoms with Gasteiger partial charge in [-0.1, -0.05) is 17.7 Å². The Kier molecular flexibility index (Phi) is 3.87. The summed E-state index contributed by atoms with van der Waals surface area (Å²) in [6, 6.07) is 12.8. The molecule has 5 nitrogen and oxygen atoms in total. The van der Waals surface area contributed by atoms with E-state index in [1.807, 2.05) is 31.2 Å². The van der Waals surface area contributed by atoms with Gasteiger partial charge in [-0.2, -0.15) is 0 Å². The van der Waals surface area contributed by atoms with E-state index in [-0.39, 0.29) is 12.7 Å². The van der Waals surface area contributed by atoms with E-state index in [2.05, 4.69) is 5.32 Å². The van der Waals surface area contributed by atoms with Crippen LogP contribution >= 0.6 is 0 Å². The highest BCUT2D eigenvalue weighted by Crippen LogP contribution is 2.34. The number of rotatable bonds is 4. The van der Waals surface area contributed by atoms with Gasteiger partial charge in [0.25, 0.3) is 5.91 Å². The summed E-state index contributed by atoms with van der Waals surface area (Å²) < 4.78 is 16.1. The summed E-state index contributed by atoms with van der Waals surface area (Å²) >= 11 is 0. The minimum absolute atomic E-state index is 0.208. The lowest BCUT2D eigenvalue weighted by Crippen LogP contribution is -2.30. The average molecular weight is 299 g/mol. The van der Waals surface area contributed by atoms with Crippen molar-refractivity contribution in [1.29, 1.82) is 0 Å². The molecule has 0 aliphatic carbocycles. The number of ether oxygens (including phenoxy) is 3. The second-order valence-corrected chi connectivity index (χ2v) is 5.13. The highest BCUT2D eigenvalue weighted by atomic mass is 16.7. The maximum absolute atomic E-state index is 12.2. The van der Waals surface area contributed by atoms with Crippen LogP contribution in [0.5, 0.6) is 17.2 Å². The van der Waals surface area contributed by atoms with E-state index < -0.39 is 6.10 Å². The molecule has 0 radical (unpaired) electrons. The fourth-order valence-corrected chi connectivity index (χ4v) is 2.09. The average Bonchev–Trinajstić information content (AvgIpc) is 2.97. The fraction of sp³-hybridized carbons (Fsp3) is 0.235. The number of carbonyl (C=O) groups is 1. The SMILES string of the molecule is Cc1ccc(O[C@H](C)C(=O)Nc2ccc3c(c2)OCO3)cc1. The number of amides is 1. The fourth-order valence-electron chi connectivity index (χ4n) is 2.09. The minimum Gasteiger partial charge on any atom is -0.481 e. The van der Waals surface area contributed by atoms with Crippen LogP contribution < -0.4 is 19.5 Å². The molecule has 1 aliphatic rings. The molecule has 1 N–H and O–H groups in total. The third-order valence-electron chi connectivity index (χ3n) is 3.34. The third kappa shape index (κ3) is 3.14. The van der Waals surface area contributed by atoms with Crippen LogP contribution in [0.3, 0.4) is 0 Å². The molecule has 114 valence electrons. The van der Waals surface area contributed by atoms with Crippen molar-refractivity contribution in [2.24, 2.45) is 0 Å². The van der Waals surface area contributed by atoms with Crippen LogP contribution in [0.2, 0.25) is 0 Å². The van der Waals surface area contributed by atoms with E-state index >= 15 is 0 Å². The Morgan fingerprint density at radius 2 is 1.86 bits per heavy atom. The Morgan fingerprint density at radius 3 is 2.64 bits per heavy atom. The number of aryl methyl sites for hydroxylation is 1. The summed E-state index contributed by atoms with van der Waals surface area (Å²) in [5, 5.41) is 2.80. The maximum Gasteiger partial charge on any atom is 0.265 e. The van der Waals surface area contributed by atoms with Gasteiger partial charge in [0.1, 0.15) is 5.75 Å². The number of hydrogen-bond acceptors (Lipinski definition) is 4. The van der Waals surface area contributed by atoms with Crippen molar-refractivity contribution in [1.82, 2.24) is 0 Å². The Balaban J connectivity index is 1.62. The molecule has 0 bridgehead atoms. The van der Waals surface area contributed by atoms with Crippen LogP contribution in [0, 0.1) is 6.92 Å². The topological polar surface area (TPSA) is 56.8 Å². The number of benzene rings is 2. The zero-order valence-electron chi connectivity index (χ0n) is 12.5. The van der Waals surface area contributed by atoms with Gasteiger partial charge < -0.3 is 19.5 Å². The zero-order chi connectivity index (χ0) is 15.5. The molecule has 0 unspecified atom stereocenters. The van der Waals surface area contributed by atoms with E-state index in [0.717, 1.165) is 5.56 Å². The molecule has 1 amide bonds. The quantitative estimate of drug-likeness (QED) is 0.942. The molecular weight excluding hydrogens is 282 g/mol. The van der Waals surface area contributed by atoms with Crippen molar-refractivity contribution >= 4 is 11.6 Å². The smallest absolute Gasteiger partial charge is 0.265 e. The molecule has 3 rings (SSSR count). The molecule has 0 saturated carbocycles. The molecule has 0 aromatic heterocycles. The normalized spacial score (nSPS) is 13.5. The van der Waals surface area contributed by atoms with Gasteiger partial charge in [-0.05, 0) is 38.1 Å². The van der Waals surface area contributed by atoms with Crippen molar-refractivity contribution in [3.8, 4) is 17.2 Å². The first-order chi connectivity index (χ1) is 10.6. The first-order valence-corrected chi connectivity index (χ1v) is 7.05. The van der Waals surface area contributed by atoms with Gasteiger partial charge in [0.05, 0.1) is 0 Å². The molecule has 0 saturated heterocycles. The van der Waals surface area contributed by atoms with Gasteiger partial charge in [-0.25, -0.2) is 0 Å². The van der Waals surface area contributed by atoms with E-state index in [0.29, 0.717) is 22.9 Å². The summed E-state index contributed by atoms with van der Waals surface area (Å²) in [6.07, 6.45) is -0.604. The van der Waals surface area contributed by atoms with Gasteiger partial charge >= 0.3 is 0 Å². The van der Waals surface area contributed by atoms with Crippen molar-refractivity contribution in [3.63, 3.8) is 0 Å². The highest BCUT2D eigenvalue weighted by Gasteiger charge is 2.17. The molecule has 1 atom stereocenters. The lowest BCUT2D eigenvalue weighted by molar-refractivity contribution is -0.122. The molecule has 5 heteroatoms. The lowest BCUT2D eigenvalue weighted by Gasteiger charge is -2.15. The van der Waals surface area contributed by atoms with Crippen LogP contribution in [0.15, 0.2) is 42.5 Å². The predicted molar refractivity (Wildman–Crippen MR) is 82.5 cm³/mol. The van der Waals surface area contributed by atoms with Crippen molar-refractivity contribution in [2.75, 3.05) is 12.1 Å². The highest BCUT2D eigenvalue weighted by molar-refractivity contribution is 5.94. The predicted octanol–water partition coefficient (Wildman–Crippen LogP) is 3.13.